The number of rotatable bonds is 6. The van der Waals surface area contributed by atoms with Crippen molar-refractivity contribution in [3.8, 4) is 5.75 Å². The molecule has 0 saturated heterocycles. The minimum absolute atomic E-state index is 0.0303. The Morgan fingerprint density at radius 3 is 2.33 bits per heavy atom. The lowest BCUT2D eigenvalue weighted by molar-refractivity contribution is -0.384. The number of hydrogen-bond donors (Lipinski definition) is 2. The third-order valence-corrected chi connectivity index (χ3v) is 3.88. The third kappa shape index (κ3) is 5.52. The van der Waals surface area contributed by atoms with E-state index in [0.29, 0.717) is 17.4 Å². The van der Waals surface area contributed by atoms with Crippen molar-refractivity contribution in [2.24, 2.45) is 0 Å². The number of nitro groups is 1. The lowest BCUT2D eigenvalue weighted by Gasteiger charge is -2.12. The second-order valence-electron chi connectivity index (χ2n) is 5.69. The van der Waals surface area contributed by atoms with Gasteiger partial charge in [0.15, 0.2) is 5.11 Å². The van der Waals surface area contributed by atoms with Gasteiger partial charge in [0.2, 0.25) is 0 Å². The molecule has 0 bridgehead atoms. The van der Waals surface area contributed by atoms with Gasteiger partial charge in [-0.25, -0.2) is 0 Å². The summed E-state index contributed by atoms with van der Waals surface area (Å²) in [4.78, 5) is 10.2. The van der Waals surface area contributed by atoms with Gasteiger partial charge in [-0.3, -0.25) is 10.1 Å². The summed E-state index contributed by atoms with van der Waals surface area (Å²) in [5.74, 6) is 0.724. The zero-order valence-corrected chi connectivity index (χ0v) is 15.1. The van der Waals surface area contributed by atoms with Gasteiger partial charge in [0.05, 0.1) is 4.92 Å². The van der Waals surface area contributed by atoms with Crippen molar-refractivity contribution in [1.82, 2.24) is 0 Å². The monoisotopic (exact) mass is 379 g/mol. The summed E-state index contributed by atoms with van der Waals surface area (Å²) >= 11 is 5.29. The minimum Gasteiger partial charge on any atom is -0.489 e. The molecule has 6 nitrogen and oxygen atoms in total. The fourth-order valence-corrected chi connectivity index (χ4v) is 2.60. The van der Waals surface area contributed by atoms with Crippen LogP contribution in [0.5, 0.6) is 5.75 Å². The molecule has 0 unspecified atom stereocenters. The Bertz CT molecular complexity index is 931. The number of hydrogen-bond acceptors (Lipinski definition) is 4. The molecule has 2 N–H and O–H groups in total. The molecule has 3 aromatic carbocycles. The Kier molecular flexibility index (Phi) is 5.96. The van der Waals surface area contributed by atoms with Crippen LogP contribution in [0.15, 0.2) is 78.9 Å². The second-order valence-corrected chi connectivity index (χ2v) is 6.09. The summed E-state index contributed by atoms with van der Waals surface area (Å²) in [5, 5.41) is 17.1. The molecular formula is C20H17N3O3S. The van der Waals surface area contributed by atoms with Crippen LogP contribution in [0.4, 0.5) is 17.1 Å². The number of nitro benzene ring substituents is 1. The van der Waals surface area contributed by atoms with Gasteiger partial charge in [0, 0.05) is 29.6 Å². The van der Waals surface area contributed by atoms with Crippen molar-refractivity contribution in [3.05, 3.63) is 94.5 Å². The molecule has 7 heteroatoms. The summed E-state index contributed by atoms with van der Waals surface area (Å²) in [7, 11) is 0. The molecule has 27 heavy (non-hydrogen) atoms. The van der Waals surface area contributed by atoms with E-state index in [1.807, 2.05) is 54.6 Å². The van der Waals surface area contributed by atoms with Crippen molar-refractivity contribution >= 4 is 34.4 Å². The lowest BCUT2D eigenvalue weighted by atomic mass is 10.2. The summed E-state index contributed by atoms with van der Waals surface area (Å²) in [6.07, 6.45) is 0. The van der Waals surface area contributed by atoms with Crippen LogP contribution in [0.3, 0.4) is 0 Å². The number of nitrogens with one attached hydrogen (secondary N) is 2. The molecule has 0 fully saturated rings. The molecule has 0 aliphatic rings. The Morgan fingerprint density at radius 1 is 0.926 bits per heavy atom. The van der Waals surface area contributed by atoms with Gasteiger partial charge in [-0.1, -0.05) is 36.4 Å². The van der Waals surface area contributed by atoms with E-state index < -0.39 is 4.92 Å². The van der Waals surface area contributed by atoms with Crippen LogP contribution in [0.2, 0.25) is 0 Å². The Morgan fingerprint density at radius 2 is 1.63 bits per heavy atom. The van der Waals surface area contributed by atoms with E-state index in [0.717, 1.165) is 17.0 Å². The van der Waals surface area contributed by atoms with Crippen LogP contribution in [0, 0.1) is 10.1 Å². The van der Waals surface area contributed by atoms with Gasteiger partial charge in [0.1, 0.15) is 12.4 Å². The predicted octanol–water partition coefficient (Wildman–Crippen LogP) is 4.98. The van der Waals surface area contributed by atoms with Crippen molar-refractivity contribution < 1.29 is 9.66 Å². The van der Waals surface area contributed by atoms with E-state index in [9.17, 15) is 10.1 Å². The highest BCUT2D eigenvalue weighted by Gasteiger charge is 2.05. The number of benzene rings is 3. The van der Waals surface area contributed by atoms with Crippen molar-refractivity contribution in [1.29, 1.82) is 0 Å². The van der Waals surface area contributed by atoms with Crippen molar-refractivity contribution in [3.63, 3.8) is 0 Å². The van der Waals surface area contributed by atoms with Crippen LogP contribution >= 0.6 is 12.2 Å². The molecule has 0 spiro atoms. The largest absolute Gasteiger partial charge is 0.489 e. The fraction of sp³-hybridized carbons (Fsp3) is 0.0500. The van der Waals surface area contributed by atoms with E-state index >= 15 is 0 Å². The highest BCUT2D eigenvalue weighted by Crippen LogP contribution is 2.20. The number of nitrogens with zero attached hydrogens (tertiary/aromatic N) is 1. The first kappa shape index (κ1) is 18.3. The zero-order valence-electron chi connectivity index (χ0n) is 14.3. The molecule has 0 aliphatic carbocycles. The van der Waals surface area contributed by atoms with Crippen molar-refractivity contribution in [2.45, 2.75) is 6.61 Å². The first-order valence-electron chi connectivity index (χ1n) is 8.19. The predicted molar refractivity (Wildman–Crippen MR) is 110 cm³/mol. The SMILES string of the molecule is O=[N+]([O-])c1ccc(NC(=S)Nc2cccc(OCc3ccccc3)c2)cc1. The third-order valence-electron chi connectivity index (χ3n) is 3.68. The Labute approximate surface area is 162 Å². The van der Waals surface area contributed by atoms with Crippen LogP contribution in [-0.4, -0.2) is 10.0 Å². The maximum Gasteiger partial charge on any atom is 0.269 e. The van der Waals surface area contributed by atoms with E-state index in [-0.39, 0.29) is 5.69 Å². The summed E-state index contributed by atoms with van der Waals surface area (Å²) < 4.78 is 5.80. The minimum atomic E-state index is -0.443. The Balaban J connectivity index is 1.56. The molecular weight excluding hydrogens is 362 g/mol. The number of ether oxygens (including phenoxy) is 1. The van der Waals surface area contributed by atoms with Crippen LogP contribution < -0.4 is 15.4 Å². The summed E-state index contributed by atoms with van der Waals surface area (Å²) in [6.45, 7) is 0.482. The lowest BCUT2D eigenvalue weighted by Crippen LogP contribution is -2.19. The number of anilines is 2. The first-order valence-corrected chi connectivity index (χ1v) is 8.60. The molecule has 3 rings (SSSR count). The molecule has 0 atom stereocenters. The quantitative estimate of drug-likeness (QED) is 0.357. The molecule has 0 aliphatic heterocycles. The highest BCUT2D eigenvalue weighted by molar-refractivity contribution is 7.80. The second kappa shape index (κ2) is 8.77. The number of thiocarbonyl (C=S) groups is 1. The standard InChI is InChI=1S/C20H17N3O3S/c24-23(25)18-11-9-16(10-12-18)21-20(27)22-17-7-4-8-19(13-17)26-14-15-5-2-1-3-6-15/h1-13H,14H2,(H2,21,22,27). The molecule has 0 amide bonds. The molecule has 0 saturated carbocycles. The van der Waals surface area contributed by atoms with Gasteiger partial charge < -0.3 is 15.4 Å². The molecule has 0 aromatic heterocycles. The van der Waals surface area contributed by atoms with Crippen LogP contribution in [-0.2, 0) is 6.61 Å². The van der Waals surface area contributed by atoms with E-state index in [1.165, 1.54) is 12.1 Å². The first-order chi connectivity index (χ1) is 13.1. The molecule has 3 aromatic rings. The average molecular weight is 379 g/mol. The molecule has 136 valence electrons. The molecule has 0 heterocycles. The molecule has 0 radical (unpaired) electrons. The smallest absolute Gasteiger partial charge is 0.269 e. The summed E-state index contributed by atoms with van der Waals surface area (Å²) in [6, 6.07) is 23.4. The zero-order chi connectivity index (χ0) is 19.1. The van der Waals surface area contributed by atoms with E-state index in [4.69, 9.17) is 17.0 Å². The highest BCUT2D eigenvalue weighted by atomic mass is 32.1. The number of non-ortho nitro benzene ring substituents is 1. The summed E-state index contributed by atoms with van der Waals surface area (Å²) in [5.41, 5.74) is 2.56. The fourth-order valence-electron chi connectivity index (χ4n) is 2.36. The van der Waals surface area contributed by atoms with E-state index in [1.54, 1.807) is 12.1 Å². The van der Waals surface area contributed by atoms with Gasteiger partial charge in [-0.15, -0.1) is 0 Å². The van der Waals surface area contributed by atoms with Gasteiger partial charge in [0.25, 0.3) is 5.69 Å². The van der Waals surface area contributed by atoms with Crippen LogP contribution in [0.1, 0.15) is 5.56 Å². The maximum absolute atomic E-state index is 10.7. The average Bonchev–Trinajstić information content (AvgIpc) is 2.68. The topological polar surface area (TPSA) is 76.4 Å². The van der Waals surface area contributed by atoms with Crippen LogP contribution in [0.25, 0.3) is 0 Å². The van der Waals surface area contributed by atoms with Gasteiger partial charge in [-0.2, -0.15) is 0 Å². The maximum atomic E-state index is 10.7. The van der Waals surface area contributed by atoms with Crippen molar-refractivity contribution in [2.75, 3.05) is 10.6 Å². The normalized spacial score (nSPS) is 10.1. The van der Waals surface area contributed by atoms with Gasteiger partial charge >= 0.3 is 0 Å². The Hall–Kier alpha value is -3.45. The van der Waals surface area contributed by atoms with Gasteiger partial charge in [-0.05, 0) is 42.0 Å². The van der Waals surface area contributed by atoms with E-state index in [2.05, 4.69) is 10.6 Å².